The molecule has 0 fully saturated rings. The number of sulfone groups is 1. The van der Waals surface area contributed by atoms with E-state index in [2.05, 4.69) is 15.0 Å². The maximum absolute atomic E-state index is 11.5. The second-order valence-corrected chi connectivity index (χ2v) is 5.41. The van der Waals surface area contributed by atoms with E-state index >= 15 is 0 Å². The minimum atomic E-state index is -3.24. The Kier molecular flexibility index (Phi) is 3.89. The molecular formula is C10H13N3O2S. The molecule has 0 amide bonds. The molecule has 5 nitrogen and oxygen atoms in total. The molecule has 0 aliphatic heterocycles. The SMILES string of the molecule is CN=CC(=C(C)S(C)(=O)=O)c1cncnc1. The zero-order chi connectivity index (χ0) is 12.2. The standard InChI is InChI=1S/C10H13N3O2S/c1-8(16(3,14)15)10(6-11-2)9-4-12-7-13-5-9/h4-7H,1-3H3. The highest BCUT2D eigenvalue weighted by molar-refractivity contribution is 7.94. The van der Waals surface area contributed by atoms with Crippen LogP contribution < -0.4 is 0 Å². The second-order valence-electron chi connectivity index (χ2n) is 3.26. The van der Waals surface area contributed by atoms with Crippen molar-refractivity contribution >= 4 is 21.6 Å². The first-order chi connectivity index (χ1) is 7.46. The highest BCUT2D eigenvalue weighted by Crippen LogP contribution is 2.18. The number of aromatic nitrogens is 2. The fraction of sp³-hybridized carbons (Fsp3) is 0.300. The van der Waals surface area contributed by atoms with Gasteiger partial charge in [-0.3, -0.25) is 4.99 Å². The molecular weight excluding hydrogens is 226 g/mol. The van der Waals surface area contributed by atoms with Gasteiger partial charge in [-0.15, -0.1) is 0 Å². The zero-order valence-corrected chi connectivity index (χ0v) is 10.2. The molecule has 0 bridgehead atoms. The summed E-state index contributed by atoms with van der Waals surface area (Å²) in [5.74, 6) is 0. The van der Waals surface area contributed by atoms with Crippen LogP contribution in [0.4, 0.5) is 0 Å². The Morgan fingerprint density at radius 2 is 1.94 bits per heavy atom. The van der Waals surface area contributed by atoms with E-state index in [0.29, 0.717) is 11.1 Å². The number of allylic oxidation sites excluding steroid dienone is 2. The average molecular weight is 239 g/mol. The van der Waals surface area contributed by atoms with E-state index in [0.717, 1.165) is 6.26 Å². The Balaban J connectivity index is 3.43. The first kappa shape index (κ1) is 12.5. The van der Waals surface area contributed by atoms with Gasteiger partial charge in [0, 0.05) is 43.0 Å². The van der Waals surface area contributed by atoms with E-state index in [1.165, 1.54) is 12.5 Å². The minimum absolute atomic E-state index is 0.257. The van der Waals surface area contributed by atoms with Gasteiger partial charge in [-0.25, -0.2) is 18.4 Å². The molecule has 0 aliphatic rings. The third-order valence-corrected chi connectivity index (χ3v) is 3.40. The third kappa shape index (κ3) is 2.96. The number of nitrogens with zero attached hydrogens (tertiary/aromatic N) is 3. The first-order valence-electron chi connectivity index (χ1n) is 4.55. The number of rotatable bonds is 3. The summed E-state index contributed by atoms with van der Waals surface area (Å²) >= 11 is 0. The van der Waals surface area contributed by atoms with Crippen LogP contribution in [0.3, 0.4) is 0 Å². The predicted octanol–water partition coefficient (Wildman–Crippen LogP) is 0.953. The van der Waals surface area contributed by atoms with E-state index in [-0.39, 0.29) is 4.91 Å². The lowest BCUT2D eigenvalue weighted by Gasteiger charge is -2.05. The van der Waals surface area contributed by atoms with Crippen molar-refractivity contribution in [1.29, 1.82) is 0 Å². The van der Waals surface area contributed by atoms with E-state index < -0.39 is 9.84 Å². The molecule has 16 heavy (non-hydrogen) atoms. The molecule has 0 radical (unpaired) electrons. The van der Waals surface area contributed by atoms with Crippen LogP contribution in [0.2, 0.25) is 0 Å². The molecule has 0 aliphatic carbocycles. The Hall–Kier alpha value is -1.56. The van der Waals surface area contributed by atoms with E-state index in [4.69, 9.17) is 0 Å². The molecule has 0 saturated carbocycles. The lowest BCUT2D eigenvalue weighted by Crippen LogP contribution is -2.03. The van der Waals surface area contributed by atoms with Crippen LogP contribution in [0.1, 0.15) is 12.5 Å². The molecule has 1 rings (SSSR count). The van der Waals surface area contributed by atoms with Gasteiger partial charge in [0.1, 0.15) is 6.33 Å². The summed E-state index contributed by atoms with van der Waals surface area (Å²) in [4.78, 5) is 11.8. The predicted molar refractivity (Wildman–Crippen MR) is 63.9 cm³/mol. The van der Waals surface area contributed by atoms with Crippen LogP contribution in [0, 0.1) is 0 Å². The van der Waals surface area contributed by atoms with Crippen LogP contribution in [0.25, 0.3) is 5.57 Å². The average Bonchev–Trinajstić information content (AvgIpc) is 2.25. The molecule has 0 unspecified atom stereocenters. The molecule has 0 N–H and O–H groups in total. The lowest BCUT2D eigenvalue weighted by atomic mass is 10.1. The third-order valence-electron chi connectivity index (χ3n) is 2.07. The summed E-state index contributed by atoms with van der Waals surface area (Å²) < 4.78 is 22.9. The normalized spacial score (nSPS) is 13.9. The van der Waals surface area contributed by atoms with Crippen molar-refractivity contribution < 1.29 is 8.42 Å². The van der Waals surface area contributed by atoms with Crippen LogP contribution in [0.15, 0.2) is 28.6 Å². The largest absolute Gasteiger partial charge is 0.296 e. The van der Waals surface area contributed by atoms with Crippen molar-refractivity contribution in [2.24, 2.45) is 4.99 Å². The molecule has 0 atom stereocenters. The van der Waals surface area contributed by atoms with Crippen molar-refractivity contribution in [2.45, 2.75) is 6.92 Å². The highest BCUT2D eigenvalue weighted by atomic mass is 32.2. The van der Waals surface area contributed by atoms with Gasteiger partial charge in [0.15, 0.2) is 9.84 Å². The molecule has 0 aromatic carbocycles. The molecule has 86 valence electrons. The van der Waals surface area contributed by atoms with E-state index in [1.807, 2.05) is 0 Å². The first-order valence-corrected chi connectivity index (χ1v) is 6.44. The van der Waals surface area contributed by atoms with Crippen LogP contribution >= 0.6 is 0 Å². The van der Waals surface area contributed by atoms with Gasteiger partial charge in [0.25, 0.3) is 0 Å². The molecule has 6 heteroatoms. The van der Waals surface area contributed by atoms with Crippen molar-refractivity contribution in [3.05, 3.63) is 29.2 Å². The summed E-state index contributed by atoms with van der Waals surface area (Å²) in [6.07, 6.45) is 7.15. The molecule has 1 aromatic rings. The molecule has 0 saturated heterocycles. The fourth-order valence-corrected chi connectivity index (χ4v) is 1.71. The van der Waals surface area contributed by atoms with Crippen molar-refractivity contribution in [1.82, 2.24) is 9.97 Å². The number of aliphatic imine (C=N–C) groups is 1. The maximum atomic E-state index is 11.5. The van der Waals surface area contributed by atoms with Crippen LogP contribution in [-0.4, -0.2) is 37.9 Å². The Labute approximate surface area is 94.9 Å². The van der Waals surface area contributed by atoms with Gasteiger partial charge in [0.05, 0.1) is 4.91 Å². The van der Waals surface area contributed by atoms with E-state index in [1.54, 1.807) is 26.4 Å². The Morgan fingerprint density at radius 1 is 1.38 bits per heavy atom. The van der Waals surface area contributed by atoms with Gasteiger partial charge in [-0.2, -0.15) is 0 Å². The van der Waals surface area contributed by atoms with Crippen LogP contribution in [0.5, 0.6) is 0 Å². The lowest BCUT2D eigenvalue weighted by molar-refractivity contribution is 0.607. The Bertz CT molecular complexity index is 518. The van der Waals surface area contributed by atoms with Crippen molar-refractivity contribution in [2.75, 3.05) is 13.3 Å². The maximum Gasteiger partial charge on any atom is 0.172 e. The quantitative estimate of drug-likeness (QED) is 0.736. The smallest absolute Gasteiger partial charge is 0.172 e. The zero-order valence-electron chi connectivity index (χ0n) is 9.38. The summed E-state index contributed by atoms with van der Waals surface area (Å²) in [6.45, 7) is 1.54. The van der Waals surface area contributed by atoms with Crippen molar-refractivity contribution in [3.8, 4) is 0 Å². The van der Waals surface area contributed by atoms with Gasteiger partial charge in [-0.1, -0.05) is 0 Å². The summed E-state index contributed by atoms with van der Waals surface area (Å²) in [6, 6.07) is 0. The van der Waals surface area contributed by atoms with Gasteiger partial charge in [-0.05, 0) is 6.92 Å². The van der Waals surface area contributed by atoms with Gasteiger partial charge < -0.3 is 0 Å². The number of hydrogen-bond donors (Lipinski definition) is 0. The summed E-state index contributed by atoms with van der Waals surface area (Å²) in [7, 11) is -1.66. The molecule has 1 heterocycles. The highest BCUT2D eigenvalue weighted by Gasteiger charge is 2.12. The van der Waals surface area contributed by atoms with Crippen molar-refractivity contribution in [3.63, 3.8) is 0 Å². The fourth-order valence-electron chi connectivity index (χ4n) is 1.14. The topological polar surface area (TPSA) is 72.3 Å². The van der Waals surface area contributed by atoms with Gasteiger partial charge in [0.2, 0.25) is 0 Å². The minimum Gasteiger partial charge on any atom is -0.296 e. The Morgan fingerprint density at radius 3 is 2.38 bits per heavy atom. The molecule has 1 aromatic heterocycles. The van der Waals surface area contributed by atoms with Crippen LogP contribution in [-0.2, 0) is 9.84 Å². The summed E-state index contributed by atoms with van der Waals surface area (Å²) in [5, 5.41) is 0. The monoisotopic (exact) mass is 239 g/mol. The van der Waals surface area contributed by atoms with E-state index in [9.17, 15) is 8.42 Å². The molecule has 0 spiro atoms. The number of hydrogen-bond acceptors (Lipinski definition) is 5. The second kappa shape index (κ2) is 4.98. The van der Waals surface area contributed by atoms with Gasteiger partial charge >= 0.3 is 0 Å². The summed E-state index contributed by atoms with van der Waals surface area (Å²) in [5.41, 5.74) is 1.15.